The van der Waals surface area contributed by atoms with E-state index >= 15 is 0 Å². The Morgan fingerprint density at radius 2 is 2.03 bits per heavy atom. The smallest absolute Gasteiger partial charge is 0.310 e. The van der Waals surface area contributed by atoms with Gasteiger partial charge in [0.25, 0.3) is 5.91 Å². The molecular weight excluding hydrogens is 452 g/mol. The summed E-state index contributed by atoms with van der Waals surface area (Å²) in [6, 6.07) is 5.11. The van der Waals surface area contributed by atoms with Crippen LogP contribution in [0.3, 0.4) is 0 Å². The van der Waals surface area contributed by atoms with Gasteiger partial charge in [-0.1, -0.05) is 31.2 Å². The minimum Gasteiger partial charge on any atom is -0.466 e. The first-order chi connectivity index (χ1) is 16.2. The highest BCUT2D eigenvalue weighted by atomic mass is 32.2. The molecule has 1 aromatic carbocycles. The van der Waals surface area contributed by atoms with Gasteiger partial charge < -0.3 is 19.6 Å². The van der Waals surface area contributed by atoms with Crippen molar-refractivity contribution in [3.8, 4) is 0 Å². The van der Waals surface area contributed by atoms with Crippen LogP contribution in [0.5, 0.6) is 0 Å². The Hall–Kier alpha value is -2.32. The van der Waals surface area contributed by atoms with Crippen molar-refractivity contribution in [2.24, 2.45) is 17.8 Å². The van der Waals surface area contributed by atoms with E-state index in [1.807, 2.05) is 32.0 Å². The number of ether oxygens (including phenoxy) is 1. The number of thioether (sulfide) groups is 1. The largest absolute Gasteiger partial charge is 0.466 e. The second kappa shape index (κ2) is 9.38. The van der Waals surface area contributed by atoms with Crippen LogP contribution < -0.4 is 4.90 Å². The molecule has 0 aromatic heterocycles. The molecule has 3 saturated heterocycles. The average molecular weight is 487 g/mol. The van der Waals surface area contributed by atoms with Gasteiger partial charge in [-0.3, -0.25) is 14.4 Å². The van der Waals surface area contributed by atoms with E-state index in [1.165, 1.54) is 4.90 Å². The second-order valence-electron chi connectivity index (χ2n) is 9.54. The molecule has 7 nitrogen and oxygen atoms in total. The standard InChI is InChI=1S/C26H34N2O5S/c1-6-11-27(21-15(3)9-8-10-16(21)4)24(31)22-26-17(5)14-18(34-26)19(25(32)33-7-2)20(26)23(30)28(22)12-13-29/h6,8-10,17-20,22,29H,1,7,11-14H2,2-5H3/t17?,18-,19+,20-,22?,26?/m0/s1. The summed E-state index contributed by atoms with van der Waals surface area (Å²) in [5.41, 5.74) is 2.74. The SMILES string of the molecule is C=CCN(C(=O)C1N(CCO)C(=O)[C@@H]2[C@H](C(=O)OCC)[C@@H]3CC(C)C12S3)c1c(C)cccc1C. The maximum Gasteiger partial charge on any atom is 0.310 e. The molecule has 1 aromatic rings. The van der Waals surface area contributed by atoms with Crippen LogP contribution in [-0.2, 0) is 19.1 Å². The van der Waals surface area contributed by atoms with Gasteiger partial charge in [-0.05, 0) is 44.2 Å². The van der Waals surface area contributed by atoms with Crippen LogP contribution >= 0.6 is 11.8 Å². The maximum atomic E-state index is 14.4. The van der Waals surface area contributed by atoms with Crippen LogP contribution in [0.2, 0.25) is 0 Å². The number of hydrogen-bond acceptors (Lipinski definition) is 6. The molecular formula is C26H34N2O5S. The molecule has 34 heavy (non-hydrogen) atoms. The number of likely N-dealkylation sites (tertiary alicyclic amines) is 1. The van der Waals surface area contributed by atoms with Crippen molar-refractivity contribution in [3.05, 3.63) is 42.0 Å². The molecule has 0 radical (unpaired) electrons. The fourth-order valence-corrected chi connectivity index (χ4v) is 8.86. The number of para-hydroxylation sites is 1. The van der Waals surface area contributed by atoms with Gasteiger partial charge in [-0.25, -0.2) is 0 Å². The van der Waals surface area contributed by atoms with Crippen molar-refractivity contribution >= 4 is 35.2 Å². The summed E-state index contributed by atoms with van der Waals surface area (Å²) >= 11 is 1.61. The fraction of sp³-hybridized carbons (Fsp3) is 0.577. The number of aliphatic hydroxyl groups excluding tert-OH is 1. The predicted molar refractivity (Wildman–Crippen MR) is 133 cm³/mol. The number of esters is 1. The van der Waals surface area contributed by atoms with Gasteiger partial charge in [0.1, 0.15) is 6.04 Å². The Labute approximate surface area is 205 Å². The number of aliphatic hydroxyl groups is 1. The highest BCUT2D eigenvalue weighted by molar-refractivity contribution is 8.02. The number of nitrogens with zero attached hydrogens (tertiary/aromatic N) is 2. The molecule has 1 spiro atoms. The molecule has 6 atom stereocenters. The summed E-state index contributed by atoms with van der Waals surface area (Å²) in [6.07, 6.45) is 2.44. The molecule has 3 fully saturated rings. The number of amides is 2. The Kier molecular flexibility index (Phi) is 6.84. The van der Waals surface area contributed by atoms with E-state index in [4.69, 9.17) is 4.74 Å². The van der Waals surface area contributed by atoms with E-state index in [2.05, 4.69) is 13.5 Å². The molecule has 2 bridgehead atoms. The first-order valence-electron chi connectivity index (χ1n) is 12.0. The van der Waals surface area contributed by atoms with Gasteiger partial charge in [0.15, 0.2) is 0 Å². The van der Waals surface area contributed by atoms with E-state index in [-0.39, 0.29) is 48.7 Å². The summed E-state index contributed by atoms with van der Waals surface area (Å²) in [4.78, 5) is 44.4. The molecule has 3 heterocycles. The lowest BCUT2D eigenvalue weighted by molar-refractivity contribution is -0.154. The van der Waals surface area contributed by atoms with E-state index in [0.717, 1.165) is 23.2 Å². The molecule has 8 heteroatoms. The Morgan fingerprint density at radius 3 is 2.62 bits per heavy atom. The van der Waals surface area contributed by atoms with E-state index < -0.39 is 22.6 Å². The van der Waals surface area contributed by atoms with Gasteiger partial charge in [-0.15, -0.1) is 18.3 Å². The molecule has 2 amide bonds. The van der Waals surface area contributed by atoms with Gasteiger partial charge in [0, 0.05) is 24.0 Å². The molecule has 184 valence electrons. The second-order valence-corrected chi connectivity index (χ2v) is 11.1. The third kappa shape index (κ3) is 3.49. The molecule has 3 aliphatic heterocycles. The molecule has 4 rings (SSSR count). The average Bonchev–Trinajstić information content (AvgIpc) is 3.37. The fourth-order valence-electron chi connectivity index (χ4n) is 6.45. The number of benzene rings is 1. The van der Waals surface area contributed by atoms with E-state index in [1.54, 1.807) is 29.7 Å². The third-order valence-corrected chi connectivity index (χ3v) is 9.74. The Balaban J connectivity index is 1.83. The Morgan fingerprint density at radius 1 is 1.35 bits per heavy atom. The number of anilines is 1. The number of carbonyl (C=O) groups excluding carboxylic acids is 3. The quantitative estimate of drug-likeness (QED) is 0.449. The van der Waals surface area contributed by atoms with Crippen molar-refractivity contribution in [2.45, 2.75) is 50.2 Å². The summed E-state index contributed by atoms with van der Waals surface area (Å²) in [7, 11) is 0. The molecule has 0 aliphatic carbocycles. The monoisotopic (exact) mass is 486 g/mol. The lowest BCUT2D eigenvalue weighted by Crippen LogP contribution is -2.57. The minimum atomic E-state index is -0.777. The zero-order valence-corrected chi connectivity index (χ0v) is 21.1. The first kappa shape index (κ1) is 24.8. The molecule has 3 unspecified atom stereocenters. The van der Waals surface area contributed by atoms with E-state index in [0.29, 0.717) is 6.54 Å². The van der Waals surface area contributed by atoms with Crippen molar-refractivity contribution in [1.82, 2.24) is 4.90 Å². The number of β-amino-alcohol motifs (C(OH)–C–C–N with tert-alkyl or cyclic N) is 1. The maximum absolute atomic E-state index is 14.4. The highest BCUT2D eigenvalue weighted by Gasteiger charge is 2.76. The number of rotatable bonds is 8. The summed E-state index contributed by atoms with van der Waals surface area (Å²) < 4.78 is 4.63. The number of carbonyl (C=O) groups is 3. The highest BCUT2D eigenvalue weighted by Crippen LogP contribution is 2.68. The Bertz CT molecular complexity index is 993. The zero-order valence-electron chi connectivity index (χ0n) is 20.3. The minimum absolute atomic E-state index is 0.0513. The predicted octanol–water partition coefficient (Wildman–Crippen LogP) is 2.72. The van der Waals surface area contributed by atoms with Crippen LogP contribution in [0.4, 0.5) is 5.69 Å². The van der Waals surface area contributed by atoms with Gasteiger partial charge in [0.2, 0.25) is 5.91 Å². The first-order valence-corrected chi connectivity index (χ1v) is 12.9. The van der Waals surface area contributed by atoms with Crippen LogP contribution in [0, 0.1) is 31.6 Å². The zero-order chi connectivity index (χ0) is 24.8. The van der Waals surface area contributed by atoms with Crippen LogP contribution in [0.15, 0.2) is 30.9 Å². The van der Waals surface area contributed by atoms with Crippen molar-refractivity contribution in [3.63, 3.8) is 0 Å². The van der Waals surface area contributed by atoms with Crippen LogP contribution in [-0.4, -0.2) is 70.1 Å². The summed E-state index contributed by atoms with van der Waals surface area (Å²) in [5.74, 6) is -1.92. The van der Waals surface area contributed by atoms with Crippen LogP contribution in [0.25, 0.3) is 0 Å². The normalized spacial score (nSPS) is 31.5. The summed E-state index contributed by atoms with van der Waals surface area (Å²) in [6.45, 7) is 12.0. The van der Waals surface area contributed by atoms with Crippen molar-refractivity contribution < 1.29 is 24.2 Å². The van der Waals surface area contributed by atoms with Gasteiger partial charge in [0.05, 0.1) is 29.8 Å². The van der Waals surface area contributed by atoms with E-state index in [9.17, 15) is 19.5 Å². The van der Waals surface area contributed by atoms with Crippen molar-refractivity contribution in [1.29, 1.82) is 0 Å². The number of aryl methyl sites for hydroxylation is 2. The lowest BCUT2D eigenvalue weighted by atomic mass is 9.66. The molecule has 3 aliphatic rings. The lowest BCUT2D eigenvalue weighted by Gasteiger charge is -2.40. The number of fused-ring (bicyclic) bond motifs is 1. The molecule has 0 saturated carbocycles. The van der Waals surface area contributed by atoms with Crippen LogP contribution in [0.1, 0.15) is 31.4 Å². The topological polar surface area (TPSA) is 87.2 Å². The van der Waals surface area contributed by atoms with Crippen molar-refractivity contribution in [2.75, 3.05) is 31.2 Å². The summed E-state index contributed by atoms with van der Waals surface area (Å²) in [5, 5.41) is 9.76. The van der Waals surface area contributed by atoms with Gasteiger partial charge in [-0.2, -0.15) is 0 Å². The third-order valence-electron chi connectivity index (χ3n) is 7.67. The molecule has 1 N–H and O–H groups in total. The number of hydrogen-bond donors (Lipinski definition) is 1. The van der Waals surface area contributed by atoms with Gasteiger partial charge >= 0.3 is 5.97 Å².